The Morgan fingerprint density at radius 3 is 2.75 bits per heavy atom. The second-order valence-corrected chi connectivity index (χ2v) is 6.35. The van der Waals surface area contributed by atoms with Crippen LogP contribution in [0.1, 0.15) is 28.4 Å². The molecule has 2 rings (SSSR count). The van der Waals surface area contributed by atoms with E-state index >= 15 is 0 Å². The predicted molar refractivity (Wildman–Crippen MR) is 72.9 cm³/mol. The molecule has 108 valence electrons. The van der Waals surface area contributed by atoms with E-state index in [0.717, 1.165) is 0 Å². The Labute approximate surface area is 116 Å². The normalized spacial score (nSPS) is 16.2. The van der Waals surface area contributed by atoms with Gasteiger partial charge in [-0.3, -0.25) is 10.3 Å². The number of carbonyl (C=O) groups is 1. The van der Waals surface area contributed by atoms with Crippen molar-refractivity contribution < 1.29 is 23.2 Å². The van der Waals surface area contributed by atoms with Gasteiger partial charge in [0.25, 0.3) is 0 Å². The van der Waals surface area contributed by atoms with Crippen LogP contribution in [0.4, 0.5) is 0 Å². The van der Waals surface area contributed by atoms with Crippen LogP contribution in [0.25, 0.3) is 5.70 Å². The van der Waals surface area contributed by atoms with Gasteiger partial charge in [0, 0.05) is 5.56 Å². The second kappa shape index (κ2) is 5.26. The molecule has 20 heavy (non-hydrogen) atoms. The zero-order valence-corrected chi connectivity index (χ0v) is 12.0. The summed E-state index contributed by atoms with van der Waals surface area (Å²) in [6.45, 7) is 3.77. The minimum atomic E-state index is -3.43. The number of fused-ring (bicyclic) bond motifs is 1. The van der Waals surface area contributed by atoms with Crippen molar-refractivity contribution >= 4 is 21.5 Å². The van der Waals surface area contributed by atoms with Gasteiger partial charge >= 0.3 is 5.97 Å². The van der Waals surface area contributed by atoms with Crippen molar-refractivity contribution in [2.24, 2.45) is 0 Å². The summed E-state index contributed by atoms with van der Waals surface area (Å²) in [7, 11) is -3.43. The van der Waals surface area contributed by atoms with Crippen LogP contribution in [0.15, 0.2) is 23.1 Å². The van der Waals surface area contributed by atoms with E-state index < -0.39 is 15.8 Å². The summed E-state index contributed by atoms with van der Waals surface area (Å²) >= 11 is 0. The number of nitrogens with one attached hydrogen (secondary N) is 1. The fourth-order valence-electron chi connectivity index (χ4n) is 2.14. The van der Waals surface area contributed by atoms with E-state index in [9.17, 15) is 13.2 Å². The highest BCUT2D eigenvalue weighted by atomic mass is 32.2. The Kier molecular flexibility index (Phi) is 3.82. The fourth-order valence-corrected chi connectivity index (χ4v) is 3.55. The van der Waals surface area contributed by atoms with E-state index in [1.165, 1.54) is 18.2 Å². The minimum Gasteiger partial charge on any atom is -0.478 e. The lowest BCUT2D eigenvalue weighted by Crippen LogP contribution is -2.23. The summed E-state index contributed by atoms with van der Waals surface area (Å²) in [5.41, 5.74) is 4.00. The molecule has 0 atom stereocenters. The first-order valence-corrected chi connectivity index (χ1v) is 7.71. The van der Waals surface area contributed by atoms with Crippen LogP contribution in [-0.2, 0) is 14.7 Å². The summed E-state index contributed by atoms with van der Waals surface area (Å²) in [4.78, 5) is 16.4. The highest BCUT2D eigenvalue weighted by molar-refractivity contribution is 7.91. The molecule has 0 unspecified atom stereocenters. The van der Waals surface area contributed by atoms with Crippen molar-refractivity contribution in [1.29, 1.82) is 0 Å². The van der Waals surface area contributed by atoms with E-state index in [2.05, 4.69) is 5.48 Å². The molecule has 0 radical (unpaired) electrons. The number of benzene rings is 1. The molecule has 1 heterocycles. The number of hydrogen-bond acceptors (Lipinski definition) is 5. The standard InChI is InChI=1S/C13H15NO5S/c1-3-19-14-10-6-7-20(17,18)11-5-4-9(13(15)16)8(2)12(10)11/h4-6,14H,3,7H2,1-2H3,(H,15,16). The van der Waals surface area contributed by atoms with Crippen LogP contribution < -0.4 is 5.48 Å². The van der Waals surface area contributed by atoms with Gasteiger partial charge < -0.3 is 5.11 Å². The van der Waals surface area contributed by atoms with Gasteiger partial charge in [-0.1, -0.05) is 0 Å². The van der Waals surface area contributed by atoms with Gasteiger partial charge in [-0.05, 0) is 37.6 Å². The summed E-state index contributed by atoms with van der Waals surface area (Å²) in [6.07, 6.45) is 1.49. The first-order valence-electron chi connectivity index (χ1n) is 6.06. The maximum Gasteiger partial charge on any atom is 0.335 e. The Hall–Kier alpha value is -1.86. The molecule has 0 bridgehead atoms. The van der Waals surface area contributed by atoms with Crippen molar-refractivity contribution in [2.75, 3.05) is 12.4 Å². The lowest BCUT2D eigenvalue weighted by atomic mass is 9.99. The van der Waals surface area contributed by atoms with Crippen molar-refractivity contribution in [3.63, 3.8) is 0 Å². The summed E-state index contributed by atoms with van der Waals surface area (Å²) in [5, 5.41) is 9.14. The first-order chi connectivity index (χ1) is 9.38. The molecule has 6 nitrogen and oxygen atoms in total. The quantitative estimate of drug-likeness (QED) is 0.815. The van der Waals surface area contributed by atoms with E-state index in [4.69, 9.17) is 9.94 Å². The third-order valence-corrected chi connectivity index (χ3v) is 4.71. The Bertz CT molecular complexity index is 691. The largest absolute Gasteiger partial charge is 0.478 e. The fraction of sp³-hybridized carbons (Fsp3) is 0.308. The summed E-state index contributed by atoms with van der Waals surface area (Å²) in [6, 6.07) is 2.65. The third kappa shape index (κ3) is 2.41. The second-order valence-electron chi connectivity index (χ2n) is 4.35. The molecule has 0 saturated carbocycles. The molecule has 2 N–H and O–H groups in total. The molecule has 1 aliphatic heterocycles. The van der Waals surface area contributed by atoms with Crippen LogP contribution in [-0.4, -0.2) is 31.9 Å². The lowest BCUT2D eigenvalue weighted by Gasteiger charge is -2.21. The van der Waals surface area contributed by atoms with Gasteiger partial charge in [0.15, 0.2) is 9.84 Å². The molecule has 0 fully saturated rings. The molecule has 7 heteroatoms. The smallest absolute Gasteiger partial charge is 0.335 e. The molecular formula is C13H15NO5S. The molecular weight excluding hydrogens is 282 g/mol. The number of hydrogen-bond donors (Lipinski definition) is 2. The molecule has 1 aromatic rings. The van der Waals surface area contributed by atoms with Crippen molar-refractivity contribution in [3.05, 3.63) is 34.9 Å². The first kappa shape index (κ1) is 14.5. The van der Waals surface area contributed by atoms with E-state index in [0.29, 0.717) is 23.4 Å². The molecule has 0 saturated heterocycles. The van der Waals surface area contributed by atoms with Crippen LogP contribution in [0.2, 0.25) is 0 Å². The van der Waals surface area contributed by atoms with Crippen molar-refractivity contribution in [1.82, 2.24) is 5.48 Å². The Morgan fingerprint density at radius 1 is 1.45 bits per heavy atom. The SMILES string of the molecule is CCONC1=CCS(=O)(=O)c2ccc(C(=O)O)c(C)c21. The third-order valence-electron chi connectivity index (χ3n) is 3.09. The predicted octanol–water partition coefficient (Wildman–Crippen LogP) is 1.36. The van der Waals surface area contributed by atoms with Crippen LogP contribution in [0.3, 0.4) is 0 Å². The van der Waals surface area contributed by atoms with Crippen molar-refractivity contribution in [3.8, 4) is 0 Å². The molecule has 1 aromatic carbocycles. The van der Waals surface area contributed by atoms with Gasteiger partial charge in [0.2, 0.25) is 0 Å². The number of carboxylic acid groups (broad SMARTS) is 1. The number of hydroxylamine groups is 1. The van der Waals surface area contributed by atoms with Gasteiger partial charge in [-0.15, -0.1) is 0 Å². The highest BCUT2D eigenvalue weighted by Crippen LogP contribution is 2.32. The van der Waals surface area contributed by atoms with Crippen LogP contribution in [0, 0.1) is 6.92 Å². The average Bonchev–Trinajstić information content (AvgIpc) is 2.38. The van der Waals surface area contributed by atoms with Crippen molar-refractivity contribution in [2.45, 2.75) is 18.7 Å². The van der Waals surface area contributed by atoms with E-state index in [1.54, 1.807) is 13.8 Å². The van der Waals surface area contributed by atoms with Crippen LogP contribution in [0.5, 0.6) is 0 Å². The maximum atomic E-state index is 12.1. The maximum absolute atomic E-state index is 12.1. The number of aromatic carboxylic acids is 1. The van der Waals surface area contributed by atoms with E-state index in [1.807, 2.05) is 0 Å². The minimum absolute atomic E-state index is 0.0741. The zero-order valence-electron chi connectivity index (χ0n) is 11.1. The molecule has 1 aliphatic rings. The lowest BCUT2D eigenvalue weighted by molar-refractivity contribution is 0.0695. The average molecular weight is 297 g/mol. The summed E-state index contributed by atoms with van der Waals surface area (Å²) < 4.78 is 24.1. The highest BCUT2D eigenvalue weighted by Gasteiger charge is 2.28. The molecule has 0 aliphatic carbocycles. The van der Waals surface area contributed by atoms with E-state index in [-0.39, 0.29) is 16.2 Å². The molecule has 0 spiro atoms. The van der Waals surface area contributed by atoms with Gasteiger partial charge in [0.1, 0.15) is 0 Å². The molecule has 0 aromatic heterocycles. The number of sulfone groups is 1. The monoisotopic (exact) mass is 297 g/mol. The zero-order chi connectivity index (χ0) is 14.9. The summed E-state index contributed by atoms with van der Waals surface area (Å²) in [5.74, 6) is -1.23. The topological polar surface area (TPSA) is 92.7 Å². The van der Waals surface area contributed by atoms with Gasteiger partial charge in [-0.25, -0.2) is 13.2 Å². The Morgan fingerprint density at radius 2 is 2.15 bits per heavy atom. The van der Waals surface area contributed by atoms with Gasteiger partial charge in [0.05, 0.1) is 28.5 Å². The number of rotatable bonds is 4. The Balaban J connectivity index is 2.66. The van der Waals surface area contributed by atoms with Gasteiger partial charge in [-0.2, -0.15) is 0 Å². The van der Waals surface area contributed by atoms with Crippen LogP contribution >= 0.6 is 0 Å². The number of carboxylic acids is 1. The molecule has 0 amide bonds.